The van der Waals surface area contributed by atoms with Crippen LogP contribution in [0, 0.1) is 0 Å². The lowest BCUT2D eigenvalue weighted by Gasteiger charge is -2.17. The van der Waals surface area contributed by atoms with Gasteiger partial charge in [0, 0.05) is 24.7 Å². The summed E-state index contributed by atoms with van der Waals surface area (Å²) in [6, 6.07) is 15.3. The minimum Gasteiger partial charge on any atom is -0.464 e. The number of carbonyl (C=O) groups is 3. The van der Waals surface area contributed by atoms with Gasteiger partial charge in [0.25, 0.3) is 0 Å². The van der Waals surface area contributed by atoms with Crippen molar-refractivity contribution in [2.75, 3.05) is 19.0 Å². The maximum absolute atomic E-state index is 12.5. The standard InChI is InChI=1S/C24H30N2O5/c1-3-4-16-30-23(28)21(26-24(29)31-17-18-8-6-5-7-9-18)14-15-22(27)19-10-12-20(25-2)13-11-19/h5-13,21,25H,3-4,14-17H2,1-2H3,(H,26,29). The first kappa shape index (κ1) is 23.9. The molecule has 2 aromatic carbocycles. The van der Waals surface area contributed by atoms with Crippen molar-refractivity contribution in [3.8, 4) is 0 Å². The molecule has 0 bridgehead atoms. The van der Waals surface area contributed by atoms with Gasteiger partial charge in [-0.3, -0.25) is 4.79 Å². The quantitative estimate of drug-likeness (QED) is 0.298. The Morgan fingerprint density at radius 3 is 2.32 bits per heavy atom. The number of hydrogen-bond acceptors (Lipinski definition) is 6. The molecule has 0 saturated heterocycles. The lowest BCUT2D eigenvalue weighted by Crippen LogP contribution is -2.42. The zero-order valence-electron chi connectivity index (χ0n) is 18.1. The summed E-state index contributed by atoms with van der Waals surface area (Å²) in [4.78, 5) is 37.2. The van der Waals surface area contributed by atoms with Crippen molar-refractivity contribution in [2.24, 2.45) is 0 Å². The Morgan fingerprint density at radius 2 is 1.68 bits per heavy atom. The summed E-state index contributed by atoms with van der Waals surface area (Å²) in [5.74, 6) is -0.683. The molecule has 7 heteroatoms. The van der Waals surface area contributed by atoms with Crippen molar-refractivity contribution in [3.63, 3.8) is 0 Å². The van der Waals surface area contributed by atoms with Crippen molar-refractivity contribution in [1.29, 1.82) is 0 Å². The van der Waals surface area contributed by atoms with Crippen molar-refractivity contribution in [2.45, 2.75) is 45.3 Å². The average Bonchev–Trinajstić information content (AvgIpc) is 2.81. The number of Topliss-reactive ketones (excluding diaryl/α,β-unsaturated/α-hetero) is 1. The zero-order chi connectivity index (χ0) is 22.5. The van der Waals surface area contributed by atoms with Crippen LogP contribution in [0.25, 0.3) is 0 Å². The molecule has 0 aliphatic heterocycles. The van der Waals surface area contributed by atoms with Crippen LogP contribution in [0.5, 0.6) is 0 Å². The normalized spacial score (nSPS) is 11.3. The number of hydrogen-bond donors (Lipinski definition) is 2. The summed E-state index contributed by atoms with van der Waals surface area (Å²) < 4.78 is 10.4. The average molecular weight is 427 g/mol. The fourth-order valence-corrected chi connectivity index (χ4v) is 2.82. The van der Waals surface area contributed by atoms with E-state index in [9.17, 15) is 14.4 Å². The molecule has 7 nitrogen and oxygen atoms in total. The number of anilines is 1. The molecule has 166 valence electrons. The van der Waals surface area contributed by atoms with Gasteiger partial charge in [-0.1, -0.05) is 43.7 Å². The molecule has 2 aromatic rings. The van der Waals surface area contributed by atoms with E-state index in [-0.39, 0.29) is 31.8 Å². The SMILES string of the molecule is CCCCOC(=O)C(CCC(=O)c1ccc(NC)cc1)NC(=O)OCc1ccccc1. The topological polar surface area (TPSA) is 93.7 Å². The van der Waals surface area contributed by atoms with Crippen molar-refractivity contribution in [1.82, 2.24) is 5.32 Å². The van der Waals surface area contributed by atoms with Crippen LogP contribution in [0.1, 0.15) is 48.5 Å². The molecule has 2 N–H and O–H groups in total. The molecule has 0 heterocycles. The molecule has 2 rings (SSSR count). The Bertz CT molecular complexity index is 837. The number of carbonyl (C=O) groups excluding carboxylic acids is 3. The highest BCUT2D eigenvalue weighted by atomic mass is 16.6. The van der Waals surface area contributed by atoms with Crippen LogP contribution in [0.2, 0.25) is 0 Å². The van der Waals surface area contributed by atoms with E-state index < -0.39 is 18.1 Å². The van der Waals surface area contributed by atoms with Crippen molar-refractivity contribution >= 4 is 23.5 Å². The summed E-state index contributed by atoms with van der Waals surface area (Å²) in [6.45, 7) is 2.34. The number of rotatable bonds is 12. The molecule has 0 radical (unpaired) electrons. The van der Waals surface area contributed by atoms with Gasteiger partial charge >= 0.3 is 12.1 Å². The van der Waals surface area contributed by atoms with E-state index in [1.54, 1.807) is 19.2 Å². The van der Waals surface area contributed by atoms with Gasteiger partial charge in [-0.2, -0.15) is 0 Å². The highest BCUT2D eigenvalue weighted by Gasteiger charge is 2.24. The number of ketones is 1. The minimum absolute atomic E-state index is 0.0843. The summed E-state index contributed by atoms with van der Waals surface area (Å²) in [5.41, 5.74) is 2.28. The predicted octanol–water partition coefficient (Wildman–Crippen LogP) is 4.33. The zero-order valence-corrected chi connectivity index (χ0v) is 18.1. The molecule has 0 aromatic heterocycles. The number of amides is 1. The van der Waals surface area contributed by atoms with Gasteiger partial charge in [0.15, 0.2) is 5.78 Å². The maximum atomic E-state index is 12.5. The number of alkyl carbamates (subject to hydrolysis) is 1. The van der Waals surface area contributed by atoms with Crippen molar-refractivity contribution in [3.05, 3.63) is 65.7 Å². The van der Waals surface area contributed by atoms with Crippen LogP contribution >= 0.6 is 0 Å². The van der Waals surface area contributed by atoms with Crippen LogP contribution < -0.4 is 10.6 Å². The number of unbranched alkanes of at least 4 members (excludes halogenated alkanes) is 1. The second-order valence-electron chi connectivity index (χ2n) is 7.07. The van der Waals surface area contributed by atoms with Crippen LogP contribution in [0.3, 0.4) is 0 Å². The molecule has 0 aliphatic carbocycles. The first-order chi connectivity index (χ1) is 15.0. The van der Waals surface area contributed by atoms with E-state index >= 15 is 0 Å². The lowest BCUT2D eigenvalue weighted by atomic mass is 10.0. The van der Waals surface area contributed by atoms with E-state index in [1.165, 1.54) is 0 Å². The van der Waals surface area contributed by atoms with Gasteiger partial charge in [-0.15, -0.1) is 0 Å². The molecule has 0 aliphatic rings. The van der Waals surface area contributed by atoms with Crippen LogP contribution in [0.15, 0.2) is 54.6 Å². The van der Waals surface area contributed by atoms with Gasteiger partial charge in [0.05, 0.1) is 6.61 Å². The van der Waals surface area contributed by atoms with E-state index in [0.29, 0.717) is 5.56 Å². The Hall–Kier alpha value is -3.35. The third-order valence-corrected chi connectivity index (χ3v) is 4.69. The van der Waals surface area contributed by atoms with Gasteiger partial charge in [-0.05, 0) is 42.7 Å². The lowest BCUT2D eigenvalue weighted by molar-refractivity contribution is -0.146. The first-order valence-electron chi connectivity index (χ1n) is 10.5. The summed E-state index contributed by atoms with van der Waals surface area (Å²) >= 11 is 0. The predicted molar refractivity (Wildman–Crippen MR) is 119 cm³/mol. The largest absolute Gasteiger partial charge is 0.464 e. The number of benzene rings is 2. The Balaban J connectivity index is 1.93. The van der Waals surface area contributed by atoms with Gasteiger partial charge < -0.3 is 20.1 Å². The van der Waals surface area contributed by atoms with Gasteiger partial charge in [-0.25, -0.2) is 9.59 Å². The molecule has 0 saturated carbocycles. The van der Waals surface area contributed by atoms with Crippen LogP contribution in [0.4, 0.5) is 10.5 Å². The van der Waals surface area contributed by atoms with E-state index in [0.717, 1.165) is 24.1 Å². The van der Waals surface area contributed by atoms with Crippen LogP contribution in [-0.2, 0) is 20.9 Å². The first-order valence-corrected chi connectivity index (χ1v) is 10.5. The van der Waals surface area contributed by atoms with Crippen molar-refractivity contribution < 1.29 is 23.9 Å². The third-order valence-electron chi connectivity index (χ3n) is 4.69. The second-order valence-corrected chi connectivity index (χ2v) is 7.07. The molecule has 1 unspecified atom stereocenters. The molecule has 1 amide bonds. The molecular weight excluding hydrogens is 396 g/mol. The Labute approximate surface area is 183 Å². The number of nitrogens with one attached hydrogen (secondary N) is 2. The molecular formula is C24H30N2O5. The van der Waals surface area contributed by atoms with Gasteiger partial charge in [0.1, 0.15) is 12.6 Å². The van der Waals surface area contributed by atoms with Crippen LogP contribution in [-0.4, -0.2) is 37.5 Å². The van der Waals surface area contributed by atoms with E-state index in [4.69, 9.17) is 9.47 Å². The Morgan fingerprint density at radius 1 is 0.968 bits per heavy atom. The number of ether oxygens (including phenoxy) is 2. The molecule has 0 fully saturated rings. The molecule has 1 atom stereocenters. The summed E-state index contributed by atoms with van der Waals surface area (Å²) in [5, 5.41) is 5.54. The highest BCUT2D eigenvalue weighted by molar-refractivity contribution is 5.96. The summed E-state index contributed by atoms with van der Waals surface area (Å²) in [6.07, 6.45) is 1.09. The smallest absolute Gasteiger partial charge is 0.408 e. The van der Waals surface area contributed by atoms with E-state index in [1.807, 2.05) is 49.4 Å². The second kappa shape index (κ2) is 13.1. The number of esters is 1. The van der Waals surface area contributed by atoms with Gasteiger partial charge in [0.2, 0.25) is 0 Å². The maximum Gasteiger partial charge on any atom is 0.408 e. The molecule has 0 spiro atoms. The fraction of sp³-hybridized carbons (Fsp3) is 0.375. The Kier molecular flexibility index (Phi) is 10.1. The third kappa shape index (κ3) is 8.50. The van der Waals surface area contributed by atoms with E-state index in [2.05, 4.69) is 10.6 Å². The molecule has 31 heavy (non-hydrogen) atoms. The fourth-order valence-electron chi connectivity index (χ4n) is 2.82. The monoisotopic (exact) mass is 426 g/mol. The summed E-state index contributed by atoms with van der Waals surface area (Å²) in [7, 11) is 1.80. The minimum atomic E-state index is -0.958. The highest BCUT2D eigenvalue weighted by Crippen LogP contribution is 2.13.